The van der Waals surface area contributed by atoms with E-state index in [2.05, 4.69) is 37.6 Å². The average molecular weight is 237 g/mol. The van der Waals surface area contributed by atoms with Crippen LogP contribution in [0, 0.1) is 11.8 Å². The fourth-order valence-electron chi connectivity index (χ4n) is 4.06. The molecule has 0 aromatic rings. The molecule has 0 bridgehead atoms. The van der Waals surface area contributed by atoms with Crippen LogP contribution in [-0.2, 0) is 0 Å². The number of rotatable bonds is 2. The maximum absolute atomic E-state index is 6.13. The van der Waals surface area contributed by atoms with Crippen LogP contribution in [0.1, 0.15) is 53.4 Å². The van der Waals surface area contributed by atoms with Crippen molar-refractivity contribution in [3.8, 4) is 0 Å². The summed E-state index contributed by atoms with van der Waals surface area (Å²) in [4.78, 5) is 6.98. The second kappa shape index (κ2) is 4.51. The molecule has 1 aliphatic heterocycles. The predicted molar refractivity (Wildman–Crippen MR) is 73.0 cm³/mol. The van der Waals surface area contributed by atoms with Gasteiger partial charge in [-0.15, -0.1) is 0 Å². The lowest BCUT2D eigenvalue weighted by Crippen LogP contribution is -2.58. The second-order valence-corrected chi connectivity index (χ2v) is 6.38. The minimum absolute atomic E-state index is 0.233. The SMILES string of the molecule is CCC(C)N1C(N)=NCC12CC(C)CC(C)C2. The van der Waals surface area contributed by atoms with Crippen LogP contribution < -0.4 is 5.73 Å². The van der Waals surface area contributed by atoms with Gasteiger partial charge in [-0.2, -0.15) is 0 Å². The first-order chi connectivity index (χ1) is 7.98. The first-order valence-corrected chi connectivity index (χ1v) is 7.07. The Morgan fingerprint density at radius 1 is 1.41 bits per heavy atom. The van der Waals surface area contributed by atoms with E-state index in [1.807, 2.05) is 0 Å². The first kappa shape index (κ1) is 12.7. The largest absolute Gasteiger partial charge is 0.370 e. The predicted octanol–water partition coefficient (Wildman–Crippen LogP) is 2.61. The van der Waals surface area contributed by atoms with Crippen molar-refractivity contribution in [3.05, 3.63) is 0 Å². The van der Waals surface area contributed by atoms with E-state index >= 15 is 0 Å². The summed E-state index contributed by atoms with van der Waals surface area (Å²) in [5, 5.41) is 0. The number of hydrogen-bond donors (Lipinski definition) is 1. The number of hydrogen-bond acceptors (Lipinski definition) is 3. The molecule has 2 rings (SSSR count). The van der Waals surface area contributed by atoms with Gasteiger partial charge in [-0.3, -0.25) is 4.99 Å². The van der Waals surface area contributed by atoms with Gasteiger partial charge in [0.05, 0.1) is 12.1 Å². The Bertz CT molecular complexity index is 301. The van der Waals surface area contributed by atoms with Crippen LogP contribution in [0.4, 0.5) is 0 Å². The van der Waals surface area contributed by atoms with Crippen LogP contribution in [-0.4, -0.2) is 29.0 Å². The molecule has 17 heavy (non-hydrogen) atoms. The Labute approximate surface area is 105 Å². The molecule has 2 aliphatic rings. The van der Waals surface area contributed by atoms with E-state index in [4.69, 9.17) is 5.73 Å². The highest BCUT2D eigenvalue weighted by Crippen LogP contribution is 2.43. The highest BCUT2D eigenvalue weighted by atomic mass is 15.4. The smallest absolute Gasteiger partial charge is 0.192 e. The lowest BCUT2D eigenvalue weighted by molar-refractivity contribution is 0.0600. The van der Waals surface area contributed by atoms with Crippen molar-refractivity contribution in [3.63, 3.8) is 0 Å². The van der Waals surface area contributed by atoms with E-state index in [1.54, 1.807) is 0 Å². The van der Waals surface area contributed by atoms with Crippen LogP contribution in [0.25, 0.3) is 0 Å². The van der Waals surface area contributed by atoms with Gasteiger partial charge in [0.2, 0.25) is 0 Å². The van der Waals surface area contributed by atoms with Crippen molar-refractivity contribution in [2.45, 2.75) is 65.0 Å². The summed E-state index contributed by atoms with van der Waals surface area (Å²) >= 11 is 0. The van der Waals surface area contributed by atoms with Gasteiger partial charge in [-0.25, -0.2) is 0 Å². The van der Waals surface area contributed by atoms with Crippen molar-refractivity contribution >= 4 is 5.96 Å². The summed E-state index contributed by atoms with van der Waals surface area (Å²) in [5.41, 5.74) is 6.36. The molecule has 98 valence electrons. The van der Waals surface area contributed by atoms with E-state index in [0.717, 1.165) is 30.8 Å². The highest BCUT2D eigenvalue weighted by Gasteiger charge is 2.47. The van der Waals surface area contributed by atoms with Crippen molar-refractivity contribution in [1.29, 1.82) is 0 Å². The number of aliphatic imine (C=N–C) groups is 1. The van der Waals surface area contributed by atoms with Gasteiger partial charge in [0.1, 0.15) is 0 Å². The standard InChI is InChI=1S/C14H27N3/c1-5-12(4)17-13(15)16-9-14(17)7-10(2)6-11(3)8-14/h10-12H,5-9H2,1-4H3,(H2,15,16). The maximum atomic E-state index is 6.13. The van der Waals surface area contributed by atoms with E-state index in [-0.39, 0.29) is 5.54 Å². The van der Waals surface area contributed by atoms with Crippen LogP contribution in [0.3, 0.4) is 0 Å². The molecule has 2 N–H and O–H groups in total. The van der Waals surface area contributed by atoms with Gasteiger partial charge in [0, 0.05) is 6.04 Å². The molecule has 1 fully saturated rings. The van der Waals surface area contributed by atoms with Crippen LogP contribution in [0.2, 0.25) is 0 Å². The zero-order chi connectivity index (χ0) is 12.6. The molecule has 1 spiro atoms. The zero-order valence-electron chi connectivity index (χ0n) is 11.7. The normalized spacial score (nSPS) is 39.5. The molecule has 3 nitrogen and oxygen atoms in total. The average Bonchev–Trinajstić information content (AvgIpc) is 2.53. The molecule has 0 saturated heterocycles. The minimum atomic E-state index is 0.233. The molecule has 1 aliphatic carbocycles. The van der Waals surface area contributed by atoms with Gasteiger partial charge < -0.3 is 10.6 Å². The van der Waals surface area contributed by atoms with Gasteiger partial charge >= 0.3 is 0 Å². The third kappa shape index (κ3) is 2.16. The third-order valence-electron chi connectivity index (χ3n) is 4.59. The molecule has 0 aromatic heterocycles. The second-order valence-electron chi connectivity index (χ2n) is 6.38. The Morgan fingerprint density at radius 3 is 2.53 bits per heavy atom. The Morgan fingerprint density at radius 2 is 2.00 bits per heavy atom. The molecular weight excluding hydrogens is 210 g/mol. The van der Waals surface area contributed by atoms with E-state index in [0.29, 0.717) is 6.04 Å². The molecule has 3 atom stereocenters. The zero-order valence-corrected chi connectivity index (χ0v) is 11.7. The van der Waals surface area contributed by atoms with Crippen molar-refractivity contribution in [2.24, 2.45) is 22.6 Å². The molecule has 1 saturated carbocycles. The van der Waals surface area contributed by atoms with E-state index < -0.39 is 0 Å². The maximum Gasteiger partial charge on any atom is 0.192 e. The topological polar surface area (TPSA) is 41.6 Å². The summed E-state index contributed by atoms with van der Waals surface area (Å²) in [6.07, 6.45) is 5.01. The monoisotopic (exact) mass is 237 g/mol. The number of guanidine groups is 1. The lowest BCUT2D eigenvalue weighted by atomic mass is 9.70. The Balaban J connectivity index is 2.24. The highest BCUT2D eigenvalue weighted by molar-refractivity contribution is 5.81. The fourth-order valence-corrected chi connectivity index (χ4v) is 4.06. The van der Waals surface area contributed by atoms with Crippen LogP contribution in [0.5, 0.6) is 0 Å². The molecule has 0 amide bonds. The van der Waals surface area contributed by atoms with E-state index in [9.17, 15) is 0 Å². The summed E-state index contributed by atoms with van der Waals surface area (Å²) in [7, 11) is 0. The summed E-state index contributed by atoms with van der Waals surface area (Å²) in [6.45, 7) is 10.2. The Kier molecular flexibility index (Phi) is 3.37. The fraction of sp³-hybridized carbons (Fsp3) is 0.929. The van der Waals surface area contributed by atoms with Gasteiger partial charge in [0.15, 0.2) is 5.96 Å². The first-order valence-electron chi connectivity index (χ1n) is 7.07. The van der Waals surface area contributed by atoms with E-state index in [1.165, 1.54) is 19.3 Å². The van der Waals surface area contributed by atoms with Gasteiger partial charge in [-0.05, 0) is 44.4 Å². The third-order valence-corrected chi connectivity index (χ3v) is 4.59. The molecule has 3 unspecified atom stereocenters. The van der Waals surface area contributed by atoms with Gasteiger partial charge in [0.25, 0.3) is 0 Å². The van der Waals surface area contributed by atoms with Crippen molar-refractivity contribution in [2.75, 3.05) is 6.54 Å². The number of nitrogens with zero attached hydrogens (tertiary/aromatic N) is 2. The molecular formula is C14H27N3. The lowest BCUT2D eigenvalue weighted by Gasteiger charge is -2.48. The van der Waals surface area contributed by atoms with Crippen molar-refractivity contribution in [1.82, 2.24) is 4.90 Å². The Hall–Kier alpha value is -0.730. The molecule has 0 radical (unpaired) electrons. The molecule has 3 heteroatoms. The van der Waals surface area contributed by atoms with Gasteiger partial charge in [-0.1, -0.05) is 20.8 Å². The summed E-state index contributed by atoms with van der Waals surface area (Å²) < 4.78 is 0. The number of nitrogens with two attached hydrogens (primary N) is 1. The summed E-state index contributed by atoms with van der Waals surface area (Å²) in [6, 6.07) is 0.513. The van der Waals surface area contributed by atoms with Crippen molar-refractivity contribution < 1.29 is 0 Å². The van der Waals surface area contributed by atoms with Crippen LogP contribution in [0.15, 0.2) is 4.99 Å². The quantitative estimate of drug-likeness (QED) is 0.802. The summed E-state index contributed by atoms with van der Waals surface area (Å²) in [5.74, 6) is 2.37. The molecule has 0 aromatic carbocycles. The van der Waals surface area contributed by atoms with Crippen LogP contribution >= 0.6 is 0 Å². The minimum Gasteiger partial charge on any atom is -0.370 e. The molecule has 1 heterocycles.